The van der Waals surface area contributed by atoms with Gasteiger partial charge in [-0.3, -0.25) is 9.48 Å². The third-order valence-corrected chi connectivity index (χ3v) is 6.25. The fourth-order valence-electron chi connectivity index (χ4n) is 4.75. The van der Waals surface area contributed by atoms with Crippen molar-refractivity contribution in [2.45, 2.75) is 32.9 Å². The smallest absolute Gasteiger partial charge is 0.272 e. The molecule has 2 fully saturated rings. The van der Waals surface area contributed by atoms with Crippen LogP contribution in [0.15, 0.2) is 36.4 Å². The summed E-state index contributed by atoms with van der Waals surface area (Å²) in [6.07, 6.45) is 0.973. The minimum absolute atomic E-state index is 0.0947. The molecule has 2 aliphatic heterocycles. The van der Waals surface area contributed by atoms with E-state index in [4.69, 9.17) is 5.73 Å². The molecule has 6 heteroatoms. The monoisotopic (exact) mass is 381 g/mol. The van der Waals surface area contributed by atoms with E-state index in [9.17, 15) is 4.79 Å². The number of hydrogen-bond donors (Lipinski definition) is 1. The topological polar surface area (TPSA) is 67.4 Å². The van der Waals surface area contributed by atoms with Crippen molar-refractivity contribution in [1.82, 2.24) is 19.6 Å². The highest BCUT2D eigenvalue weighted by Crippen LogP contribution is 2.32. The average Bonchev–Trinajstić information content (AvgIpc) is 3.38. The number of carbonyl (C=O) groups is 1. The van der Waals surface area contributed by atoms with Gasteiger partial charge in [0.1, 0.15) is 5.69 Å². The van der Waals surface area contributed by atoms with Crippen LogP contribution in [0.2, 0.25) is 0 Å². The molecule has 28 heavy (non-hydrogen) atoms. The van der Waals surface area contributed by atoms with Crippen LogP contribution in [-0.4, -0.2) is 58.2 Å². The molecular formula is C22H31N5O. The summed E-state index contributed by atoms with van der Waals surface area (Å²) in [7, 11) is 0. The molecule has 4 rings (SSSR count). The van der Waals surface area contributed by atoms with Gasteiger partial charge in [-0.2, -0.15) is 5.10 Å². The van der Waals surface area contributed by atoms with Crippen molar-refractivity contribution in [2.75, 3.05) is 32.7 Å². The van der Waals surface area contributed by atoms with Crippen LogP contribution >= 0.6 is 0 Å². The molecule has 6 nitrogen and oxygen atoms in total. The number of rotatable bonds is 6. The Balaban J connectivity index is 1.29. The summed E-state index contributed by atoms with van der Waals surface area (Å²) < 4.78 is 1.82. The molecule has 150 valence electrons. The second-order valence-electron chi connectivity index (χ2n) is 8.28. The maximum Gasteiger partial charge on any atom is 0.272 e. The van der Waals surface area contributed by atoms with Gasteiger partial charge in [-0.1, -0.05) is 30.3 Å². The molecule has 3 heterocycles. The van der Waals surface area contributed by atoms with Gasteiger partial charge in [-0.25, -0.2) is 0 Å². The Bertz CT molecular complexity index is 804. The van der Waals surface area contributed by atoms with E-state index >= 15 is 0 Å². The van der Waals surface area contributed by atoms with Crippen LogP contribution in [0, 0.1) is 18.8 Å². The summed E-state index contributed by atoms with van der Waals surface area (Å²) in [4.78, 5) is 17.5. The van der Waals surface area contributed by atoms with E-state index in [0.717, 1.165) is 57.1 Å². The summed E-state index contributed by atoms with van der Waals surface area (Å²) >= 11 is 0. The first-order valence-corrected chi connectivity index (χ1v) is 10.4. The standard InChI is InChI=1S/C22H31N5O/c1-3-27-21(11-16(2)24-27)22(28)26-14-18-12-25(13-19(18)15-26)10-9-20(23)17-7-5-4-6-8-17/h4-8,11,18-20H,3,9-10,12-15,23H2,1-2H3/t18?,19?,20-/m0/s1. The molecule has 0 bridgehead atoms. The number of nitrogens with two attached hydrogens (primary N) is 1. The van der Waals surface area contributed by atoms with Crippen LogP contribution in [0.3, 0.4) is 0 Å². The predicted molar refractivity (Wildman–Crippen MR) is 110 cm³/mol. The number of nitrogens with zero attached hydrogens (tertiary/aromatic N) is 4. The molecule has 3 atom stereocenters. The van der Waals surface area contributed by atoms with Gasteiger partial charge < -0.3 is 15.5 Å². The Hall–Kier alpha value is -2.18. The fraction of sp³-hybridized carbons (Fsp3) is 0.545. The van der Waals surface area contributed by atoms with Crippen molar-refractivity contribution in [3.8, 4) is 0 Å². The Kier molecular flexibility index (Phi) is 5.51. The Labute approximate surface area is 167 Å². The second kappa shape index (κ2) is 8.05. The molecule has 2 unspecified atom stereocenters. The number of amides is 1. The van der Waals surface area contributed by atoms with E-state index in [1.165, 1.54) is 5.56 Å². The van der Waals surface area contributed by atoms with E-state index in [0.29, 0.717) is 11.8 Å². The zero-order chi connectivity index (χ0) is 19.7. The van der Waals surface area contributed by atoms with E-state index in [-0.39, 0.29) is 11.9 Å². The van der Waals surface area contributed by atoms with Gasteiger partial charge in [0.15, 0.2) is 0 Å². The number of carbonyl (C=O) groups excluding carboxylic acids is 1. The molecule has 2 saturated heterocycles. The molecule has 0 aliphatic carbocycles. The maximum absolute atomic E-state index is 13.0. The number of hydrogen-bond acceptors (Lipinski definition) is 4. The lowest BCUT2D eigenvalue weighted by atomic mass is 10.0. The minimum Gasteiger partial charge on any atom is -0.337 e. The highest BCUT2D eigenvalue weighted by Gasteiger charge is 2.42. The van der Waals surface area contributed by atoms with Crippen LogP contribution < -0.4 is 5.73 Å². The SMILES string of the molecule is CCn1nc(C)cc1C(=O)N1CC2CN(CC[C@H](N)c3ccccc3)CC2C1. The number of likely N-dealkylation sites (tertiary alicyclic amines) is 2. The molecular weight excluding hydrogens is 350 g/mol. The molecule has 0 saturated carbocycles. The lowest BCUT2D eigenvalue weighted by molar-refractivity contribution is 0.0761. The van der Waals surface area contributed by atoms with Gasteiger partial charge >= 0.3 is 0 Å². The average molecular weight is 382 g/mol. The summed E-state index contributed by atoms with van der Waals surface area (Å²) in [5, 5.41) is 4.42. The predicted octanol–water partition coefficient (Wildman–Crippen LogP) is 2.31. The largest absolute Gasteiger partial charge is 0.337 e. The van der Waals surface area contributed by atoms with Crippen molar-refractivity contribution in [3.05, 3.63) is 53.3 Å². The molecule has 2 aliphatic rings. The number of aromatic nitrogens is 2. The van der Waals surface area contributed by atoms with E-state index in [1.807, 2.05) is 47.7 Å². The van der Waals surface area contributed by atoms with Crippen molar-refractivity contribution >= 4 is 5.91 Å². The third kappa shape index (κ3) is 3.84. The van der Waals surface area contributed by atoms with Crippen LogP contribution in [0.4, 0.5) is 0 Å². The zero-order valence-corrected chi connectivity index (χ0v) is 16.9. The third-order valence-electron chi connectivity index (χ3n) is 6.25. The van der Waals surface area contributed by atoms with Crippen LogP contribution in [0.25, 0.3) is 0 Å². The summed E-state index contributed by atoms with van der Waals surface area (Å²) in [5.74, 6) is 1.29. The maximum atomic E-state index is 13.0. The van der Waals surface area contributed by atoms with Crippen molar-refractivity contribution in [3.63, 3.8) is 0 Å². The van der Waals surface area contributed by atoms with Crippen LogP contribution in [0.5, 0.6) is 0 Å². The van der Waals surface area contributed by atoms with Gasteiger partial charge in [-0.05, 0) is 50.3 Å². The first-order chi connectivity index (χ1) is 13.5. The lowest BCUT2D eigenvalue weighted by Crippen LogP contribution is -2.35. The van der Waals surface area contributed by atoms with Gasteiger partial charge in [0.2, 0.25) is 0 Å². The first kappa shape index (κ1) is 19.2. The highest BCUT2D eigenvalue weighted by molar-refractivity contribution is 5.93. The van der Waals surface area contributed by atoms with E-state index in [2.05, 4.69) is 22.1 Å². The molecule has 1 amide bonds. The van der Waals surface area contributed by atoms with Gasteiger partial charge in [0.25, 0.3) is 5.91 Å². The minimum atomic E-state index is 0.0947. The van der Waals surface area contributed by atoms with Gasteiger partial charge in [-0.15, -0.1) is 0 Å². The number of fused-ring (bicyclic) bond motifs is 1. The Morgan fingerprint density at radius 2 is 1.86 bits per heavy atom. The Morgan fingerprint density at radius 1 is 1.18 bits per heavy atom. The van der Waals surface area contributed by atoms with Crippen molar-refractivity contribution in [1.29, 1.82) is 0 Å². The molecule has 1 aromatic heterocycles. The van der Waals surface area contributed by atoms with Gasteiger partial charge in [0.05, 0.1) is 5.69 Å². The Morgan fingerprint density at radius 3 is 2.50 bits per heavy atom. The van der Waals surface area contributed by atoms with Crippen molar-refractivity contribution < 1.29 is 4.79 Å². The molecule has 2 N–H and O–H groups in total. The zero-order valence-electron chi connectivity index (χ0n) is 16.9. The van der Waals surface area contributed by atoms with Gasteiger partial charge in [0, 0.05) is 38.8 Å². The number of benzene rings is 1. The van der Waals surface area contributed by atoms with Crippen LogP contribution in [-0.2, 0) is 6.54 Å². The first-order valence-electron chi connectivity index (χ1n) is 10.4. The fourth-order valence-corrected chi connectivity index (χ4v) is 4.75. The molecule has 2 aromatic rings. The van der Waals surface area contributed by atoms with E-state index < -0.39 is 0 Å². The van der Waals surface area contributed by atoms with Crippen LogP contribution in [0.1, 0.15) is 41.1 Å². The summed E-state index contributed by atoms with van der Waals surface area (Å²) in [6, 6.07) is 12.3. The number of aryl methyl sites for hydroxylation is 2. The lowest BCUT2D eigenvalue weighted by Gasteiger charge is -2.23. The van der Waals surface area contributed by atoms with Crippen molar-refractivity contribution in [2.24, 2.45) is 17.6 Å². The summed E-state index contributed by atoms with van der Waals surface area (Å²) in [6.45, 7) is 9.59. The normalized spacial score (nSPS) is 23.2. The molecule has 0 spiro atoms. The highest BCUT2D eigenvalue weighted by atomic mass is 16.2. The van der Waals surface area contributed by atoms with E-state index in [1.54, 1.807) is 0 Å². The molecule has 1 aromatic carbocycles. The second-order valence-corrected chi connectivity index (χ2v) is 8.28. The summed E-state index contributed by atoms with van der Waals surface area (Å²) in [5.41, 5.74) is 9.20. The quantitative estimate of drug-likeness (QED) is 0.834. The molecule has 0 radical (unpaired) electrons.